The molecule has 4 nitrogen and oxygen atoms in total. The Morgan fingerprint density at radius 1 is 1.05 bits per heavy atom. The van der Waals surface area contributed by atoms with E-state index in [1.807, 2.05) is 12.1 Å². The SMILES string of the molecule is N#Cc1ccc(Oc2ccc(CO)cc2C#N)cc1Cl. The average Bonchev–Trinajstić information content (AvgIpc) is 2.48. The van der Waals surface area contributed by atoms with Crippen molar-refractivity contribution < 1.29 is 9.84 Å². The maximum Gasteiger partial charge on any atom is 0.145 e. The van der Waals surface area contributed by atoms with Crippen molar-refractivity contribution in [1.29, 1.82) is 10.5 Å². The molecule has 0 amide bonds. The third-order valence-electron chi connectivity index (χ3n) is 2.64. The number of rotatable bonds is 3. The first-order valence-electron chi connectivity index (χ1n) is 5.69. The molecule has 2 aromatic rings. The molecule has 0 fully saturated rings. The fourth-order valence-electron chi connectivity index (χ4n) is 1.63. The summed E-state index contributed by atoms with van der Waals surface area (Å²) in [5.74, 6) is 0.799. The second-order valence-corrected chi connectivity index (χ2v) is 4.36. The first-order valence-corrected chi connectivity index (χ1v) is 6.07. The number of hydrogen-bond acceptors (Lipinski definition) is 4. The Balaban J connectivity index is 2.33. The van der Waals surface area contributed by atoms with E-state index in [2.05, 4.69) is 0 Å². The van der Waals surface area contributed by atoms with E-state index >= 15 is 0 Å². The average molecular weight is 285 g/mol. The highest BCUT2D eigenvalue weighted by Gasteiger charge is 2.08. The molecule has 2 rings (SSSR count). The van der Waals surface area contributed by atoms with Gasteiger partial charge in [0.15, 0.2) is 0 Å². The van der Waals surface area contributed by atoms with Crippen molar-refractivity contribution in [1.82, 2.24) is 0 Å². The zero-order valence-electron chi connectivity index (χ0n) is 10.3. The number of aliphatic hydroxyl groups excluding tert-OH is 1. The molecule has 98 valence electrons. The van der Waals surface area contributed by atoms with Crippen LogP contribution in [0.2, 0.25) is 5.02 Å². The van der Waals surface area contributed by atoms with Crippen LogP contribution in [0.3, 0.4) is 0 Å². The molecule has 2 aromatic carbocycles. The van der Waals surface area contributed by atoms with Gasteiger partial charge in [-0.15, -0.1) is 0 Å². The fraction of sp³-hybridized carbons (Fsp3) is 0.0667. The highest BCUT2D eigenvalue weighted by Crippen LogP contribution is 2.29. The van der Waals surface area contributed by atoms with Gasteiger partial charge in [-0.2, -0.15) is 10.5 Å². The Morgan fingerprint density at radius 3 is 2.40 bits per heavy atom. The van der Waals surface area contributed by atoms with Crippen molar-refractivity contribution in [3.05, 3.63) is 58.1 Å². The van der Waals surface area contributed by atoms with Gasteiger partial charge in [-0.1, -0.05) is 17.7 Å². The molecule has 0 aliphatic carbocycles. The van der Waals surface area contributed by atoms with Crippen molar-refractivity contribution in [3.8, 4) is 23.6 Å². The molecule has 0 saturated heterocycles. The van der Waals surface area contributed by atoms with Gasteiger partial charge in [0, 0.05) is 6.07 Å². The van der Waals surface area contributed by atoms with Crippen LogP contribution >= 0.6 is 11.6 Å². The molecule has 0 unspecified atom stereocenters. The maximum absolute atomic E-state index is 9.07. The summed E-state index contributed by atoms with van der Waals surface area (Å²) in [5, 5.41) is 27.2. The smallest absolute Gasteiger partial charge is 0.145 e. The van der Waals surface area contributed by atoms with Gasteiger partial charge in [-0.25, -0.2) is 0 Å². The van der Waals surface area contributed by atoms with Crippen LogP contribution in [0.25, 0.3) is 0 Å². The quantitative estimate of drug-likeness (QED) is 0.937. The summed E-state index contributed by atoms with van der Waals surface area (Å²) in [6.45, 7) is -0.141. The van der Waals surface area contributed by atoms with Crippen LogP contribution in [0.5, 0.6) is 11.5 Å². The lowest BCUT2D eigenvalue weighted by molar-refractivity contribution is 0.281. The lowest BCUT2D eigenvalue weighted by Gasteiger charge is -2.09. The van der Waals surface area contributed by atoms with E-state index in [0.717, 1.165) is 0 Å². The van der Waals surface area contributed by atoms with Gasteiger partial charge in [0.2, 0.25) is 0 Å². The third kappa shape index (κ3) is 2.89. The van der Waals surface area contributed by atoms with Gasteiger partial charge in [0.25, 0.3) is 0 Å². The minimum Gasteiger partial charge on any atom is -0.456 e. The minimum absolute atomic E-state index is 0.141. The first kappa shape index (κ1) is 13.9. The number of nitrogens with zero attached hydrogens (tertiary/aromatic N) is 2. The van der Waals surface area contributed by atoms with E-state index in [4.69, 9.17) is 32.0 Å². The number of hydrogen-bond donors (Lipinski definition) is 1. The largest absolute Gasteiger partial charge is 0.456 e. The molecule has 0 atom stereocenters. The van der Waals surface area contributed by atoms with E-state index in [1.165, 1.54) is 6.07 Å². The van der Waals surface area contributed by atoms with Crippen LogP contribution in [-0.4, -0.2) is 5.11 Å². The van der Waals surface area contributed by atoms with Crippen LogP contribution in [0, 0.1) is 22.7 Å². The zero-order chi connectivity index (χ0) is 14.5. The Hall–Kier alpha value is -2.53. The molecule has 0 saturated carbocycles. The van der Waals surface area contributed by atoms with Gasteiger partial charge in [0.05, 0.1) is 22.8 Å². The Kier molecular flexibility index (Phi) is 4.22. The van der Waals surface area contributed by atoms with E-state index < -0.39 is 0 Å². The molecule has 0 spiro atoms. The Labute approximate surface area is 121 Å². The number of nitriles is 2. The van der Waals surface area contributed by atoms with Crippen LogP contribution in [0.4, 0.5) is 0 Å². The monoisotopic (exact) mass is 284 g/mol. The van der Waals surface area contributed by atoms with Gasteiger partial charge in [-0.05, 0) is 29.8 Å². The molecule has 0 bridgehead atoms. The van der Waals surface area contributed by atoms with Crippen molar-refractivity contribution in [2.75, 3.05) is 0 Å². The molecule has 0 heterocycles. The molecule has 5 heteroatoms. The van der Waals surface area contributed by atoms with Crippen molar-refractivity contribution in [2.24, 2.45) is 0 Å². The zero-order valence-corrected chi connectivity index (χ0v) is 11.1. The number of benzene rings is 2. The van der Waals surface area contributed by atoms with Crippen LogP contribution in [0.15, 0.2) is 36.4 Å². The molecule has 0 radical (unpaired) electrons. The normalized spacial score (nSPS) is 9.60. The molecule has 20 heavy (non-hydrogen) atoms. The molecule has 0 aliphatic rings. The van der Waals surface area contributed by atoms with Crippen LogP contribution < -0.4 is 4.74 Å². The summed E-state index contributed by atoms with van der Waals surface area (Å²) in [6, 6.07) is 13.5. The predicted octanol–water partition coefficient (Wildman–Crippen LogP) is 3.37. The number of halogens is 1. The van der Waals surface area contributed by atoms with E-state index in [0.29, 0.717) is 28.2 Å². The number of ether oxygens (including phenoxy) is 1. The van der Waals surface area contributed by atoms with Crippen molar-refractivity contribution in [3.63, 3.8) is 0 Å². The van der Waals surface area contributed by atoms with Gasteiger partial charge in [0.1, 0.15) is 23.6 Å². The second-order valence-electron chi connectivity index (χ2n) is 3.96. The topological polar surface area (TPSA) is 77.0 Å². The standard InChI is InChI=1S/C15H9ClN2O2/c16-14-6-13(3-2-11(14)7-17)20-15-4-1-10(9-19)5-12(15)8-18/h1-6,19H,9H2. The molecule has 0 aliphatic heterocycles. The van der Waals surface area contributed by atoms with Crippen molar-refractivity contribution >= 4 is 11.6 Å². The Bertz CT molecular complexity index is 730. The molecule has 0 aromatic heterocycles. The lowest BCUT2D eigenvalue weighted by atomic mass is 10.1. The van der Waals surface area contributed by atoms with E-state index in [-0.39, 0.29) is 11.6 Å². The highest BCUT2D eigenvalue weighted by molar-refractivity contribution is 6.31. The lowest BCUT2D eigenvalue weighted by Crippen LogP contribution is -1.91. The minimum atomic E-state index is -0.141. The molecule has 1 N–H and O–H groups in total. The van der Waals surface area contributed by atoms with Crippen LogP contribution in [-0.2, 0) is 6.61 Å². The third-order valence-corrected chi connectivity index (χ3v) is 2.95. The van der Waals surface area contributed by atoms with Gasteiger partial charge < -0.3 is 9.84 Å². The molecular formula is C15H9ClN2O2. The second kappa shape index (κ2) is 6.08. The predicted molar refractivity (Wildman–Crippen MR) is 73.3 cm³/mol. The Morgan fingerprint density at radius 2 is 1.80 bits per heavy atom. The van der Waals surface area contributed by atoms with Gasteiger partial charge in [-0.3, -0.25) is 0 Å². The summed E-state index contributed by atoms with van der Waals surface area (Å²) < 4.78 is 5.58. The maximum atomic E-state index is 9.07. The van der Waals surface area contributed by atoms with Gasteiger partial charge >= 0.3 is 0 Å². The summed E-state index contributed by atoms with van der Waals surface area (Å²) in [6.07, 6.45) is 0. The summed E-state index contributed by atoms with van der Waals surface area (Å²) >= 11 is 5.92. The highest BCUT2D eigenvalue weighted by atomic mass is 35.5. The van der Waals surface area contributed by atoms with Crippen molar-refractivity contribution in [2.45, 2.75) is 6.61 Å². The molecular weight excluding hydrogens is 276 g/mol. The summed E-state index contributed by atoms with van der Waals surface area (Å²) in [7, 11) is 0. The fourth-order valence-corrected chi connectivity index (χ4v) is 1.84. The summed E-state index contributed by atoms with van der Waals surface area (Å²) in [5.41, 5.74) is 1.30. The van der Waals surface area contributed by atoms with E-state index in [9.17, 15) is 0 Å². The van der Waals surface area contributed by atoms with Crippen LogP contribution in [0.1, 0.15) is 16.7 Å². The number of aliphatic hydroxyl groups is 1. The summed E-state index contributed by atoms with van der Waals surface area (Å²) in [4.78, 5) is 0. The van der Waals surface area contributed by atoms with E-state index in [1.54, 1.807) is 30.3 Å². The first-order chi connectivity index (χ1) is 9.67.